The van der Waals surface area contributed by atoms with Crippen LogP contribution in [-0.2, 0) is 5.41 Å². The third kappa shape index (κ3) is 1.52. The van der Waals surface area contributed by atoms with Crippen molar-refractivity contribution in [3.05, 3.63) is 29.8 Å². The summed E-state index contributed by atoms with van der Waals surface area (Å²) in [6.45, 7) is 2.08. The number of hydrogen-bond acceptors (Lipinski definition) is 2. The molecule has 2 nitrogen and oxygen atoms in total. The third-order valence-electron chi connectivity index (χ3n) is 3.20. The molecule has 1 aromatic heterocycles. The van der Waals surface area contributed by atoms with Crippen molar-refractivity contribution in [3.8, 4) is 0 Å². The molecule has 1 aliphatic carbocycles. The second kappa shape index (κ2) is 3.31. The second-order valence-electron chi connectivity index (χ2n) is 4.42. The van der Waals surface area contributed by atoms with Crippen LogP contribution in [0.25, 0.3) is 0 Å². The summed E-state index contributed by atoms with van der Waals surface area (Å²) in [7, 11) is 0. The van der Waals surface area contributed by atoms with Gasteiger partial charge in [-0.15, -0.1) is 0 Å². The van der Waals surface area contributed by atoms with Gasteiger partial charge in [0.2, 0.25) is 0 Å². The van der Waals surface area contributed by atoms with Crippen LogP contribution in [0, 0.1) is 5.82 Å². The van der Waals surface area contributed by atoms with E-state index < -0.39 is 0 Å². The lowest BCUT2D eigenvalue weighted by Crippen LogP contribution is -2.23. The van der Waals surface area contributed by atoms with Gasteiger partial charge < -0.3 is 5.73 Å². The Hall–Kier alpha value is -0.960. The zero-order valence-corrected chi connectivity index (χ0v) is 8.33. The molecule has 0 aliphatic heterocycles. The van der Waals surface area contributed by atoms with Crippen LogP contribution in [0.2, 0.25) is 0 Å². The molecule has 2 atom stereocenters. The molecule has 1 aliphatic rings. The first-order chi connectivity index (χ1) is 6.62. The van der Waals surface area contributed by atoms with Gasteiger partial charge in [-0.1, -0.05) is 6.92 Å². The first kappa shape index (κ1) is 9.59. The molecule has 3 heteroatoms. The summed E-state index contributed by atoms with van der Waals surface area (Å²) >= 11 is 0. The van der Waals surface area contributed by atoms with Crippen molar-refractivity contribution in [3.63, 3.8) is 0 Å². The SMILES string of the molecule is CC1(c2ccncc2F)CCC(N)C1. The van der Waals surface area contributed by atoms with Crippen molar-refractivity contribution in [2.24, 2.45) is 5.73 Å². The summed E-state index contributed by atoms with van der Waals surface area (Å²) in [4.78, 5) is 3.76. The number of nitrogens with two attached hydrogens (primary N) is 1. The molecule has 0 radical (unpaired) electrons. The van der Waals surface area contributed by atoms with Crippen LogP contribution in [0.1, 0.15) is 31.7 Å². The van der Waals surface area contributed by atoms with Gasteiger partial charge in [-0.05, 0) is 36.3 Å². The maximum absolute atomic E-state index is 13.5. The van der Waals surface area contributed by atoms with E-state index in [1.807, 2.05) is 0 Å². The van der Waals surface area contributed by atoms with E-state index in [1.54, 1.807) is 12.3 Å². The Kier molecular flexibility index (Phi) is 2.27. The van der Waals surface area contributed by atoms with Crippen LogP contribution in [-0.4, -0.2) is 11.0 Å². The molecule has 2 unspecified atom stereocenters. The Morgan fingerprint density at radius 3 is 3.00 bits per heavy atom. The van der Waals surface area contributed by atoms with Gasteiger partial charge in [0.25, 0.3) is 0 Å². The van der Waals surface area contributed by atoms with Crippen LogP contribution >= 0.6 is 0 Å². The highest BCUT2D eigenvalue weighted by Gasteiger charge is 2.36. The highest BCUT2D eigenvalue weighted by atomic mass is 19.1. The predicted molar refractivity (Wildman–Crippen MR) is 53.4 cm³/mol. The number of halogens is 1. The molecular formula is C11H15FN2. The molecule has 0 bridgehead atoms. The minimum Gasteiger partial charge on any atom is -0.328 e. The monoisotopic (exact) mass is 194 g/mol. The van der Waals surface area contributed by atoms with E-state index in [9.17, 15) is 4.39 Å². The van der Waals surface area contributed by atoms with Crippen LogP contribution in [0.5, 0.6) is 0 Å². The summed E-state index contributed by atoms with van der Waals surface area (Å²) in [5, 5.41) is 0. The Bertz CT molecular complexity index is 340. The normalized spacial score (nSPS) is 32.1. The van der Waals surface area contributed by atoms with Crippen molar-refractivity contribution in [2.45, 2.75) is 37.6 Å². The summed E-state index contributed by atoms with van der Waals surface area (Å²) in [6.07, 6.45) is 5.75. The Labute approximate surface area is 83.3 Å². The van der Waals surface area contributed by atoms with E-state index in [-0.39, 0.29) is 17.3 Å². The largest absolute Gasteiger partial charge is 0.328 e. The molecule has 1 aromatic rings. The van der Waals surface area contributed by atoms with Gasteiger partial charge in [-0.2, -0.15) is 0 Å². The van der Waals surface area contributed by atoms with Crippen LogP contribution in [0.15, 0.2) is 18.5 Å². The standard InChI is InChI=1S/C11H15FN2/c1-11(4-2-8(13)6-11)9-3-5-14-7-10(9)12/h3,5,7-8H,2,4,6,13H2,1H3. The molecule has 76 valence electrons. The number of pyridine rings is 1. The summed E-state index contributed by atoms with van der Waals surface area (Å²) in [5.41, 5.74) is 6.53. The molecule has 1 fully saturated rings. The van der Waals surface area contributed by atoms with E-state index in [2.05, 4.69) is 11.9 Å². The summed E-state index contributed by atoms with van der Waals surface area (Å²) in [5.74, 6) is -0.205. The number of hydrogen-bond donors (Lipinski definition) is 1. The van der Waals surface area contributed by atoms with Crippen LogP contribution in [0.3, 0.4) is 0 Å². The highest BCUT2D eigenvalue weighted by molar-refractivity contribution is 5.25. The van der Waals surface area contributed by atoms with Crippen molar-refractivity contribution >= 4 is 0 Å². The number of aromatic nitrogens is 1. The fourth-order valence-corrected chi connectivity index (χ4v) is 2.40. The van der Waals surface area contributed by atoms with Gasteiger partial charge in [0.1, 0.15) is 5.82 Å². The highest BCUT2D eigenvalue weighted by Crippen LogP contribution is 2.40. The zero-order valence-electron chi connectivity index (χ0n) is 8.33. The van der Waals surface area contributed by atoms with Crippen LogP contribution in [0.4, 0.5) is 4.39 Å². The molecular weight excluding hydrogens is 179 g/mol. The molecule has 1 saturated carbocycles. The van der Waals surface area contributed by atoms with E-state index >= 15 is 0 Å². The average molecular weight is 194 g/mol. The van der Waals surface area contributed by atoms with Crippen molar-refractivity contribution in [1.29, 1.82) is 0 Å². The van der Waals surface area contributed by atoms with E-state index in [0.29, 0.717) is 0 Å². The minimum absolute atomic E-state index is 0.0908. The quantitative estimate of drug-likeness (QED) is 0.742. The zero-order chi connectivity index (χ0) is 10.2. The first-order valence-corrected chi connectivity index (χ1v) is 4.97. The van der Waals surface area contributed by atoms with E-state index in [0.717, 1.165) is 24.8 Å². The molecule has 1 heterocycles. The molecule has 14 heavy (non-hydrogen) atoms. The van der Waals surface area contributed by atoms with Crippen LogP contribution < -0.4 is 5.73 Å². The maximum atomic E-state index is 13.5. The number of nitrogens with zero attached hydrogens (tertiary/aromatic N) is 1. The van der Waals surface area contributed by atoms with Gasteiger partial charge in [0, 0.05) is 12.2 Å². The molecule has 0 spiro atoms. The Morgan fingerprint density at radius 2 is 2.43 bits per heavy atom. The molecule has 0 amide bonds. The molecule has 0 aromatic carbocycles. The lowest BCUT2D eigenvalue weighted by Gasteiger charge is -2.24. The fraction of sp³-hybridized carbons (Fsp3) is 0.545. The molecule has 0 saturated heterocycles. The third-order valence-corrected chi connectivity index (χ3v) is 3.20. The van der Waals surface area contributed by atoms with E-state index in [4.69, 9.17) is 5.73 Å². The first-order valence-electron chi connectivity index (χ1n) is 4.97. The predicted octanol–water partition coefficient (Wildman–Crippen LogP) is 1.99. The minimum atomic E-state index is -0.205. The van der Waals surface area contributed by atoms with Gasteiger partial charge in [-0.3, -0.25) is 4.98 Å². The summed E-state index contributed by atoms with van der Waals surface area (Å²) < 4.78 is 13.5. The molecule has 2 rings (SSSR count). The fourth-order valence-electron chi connectivity index (χ4n) is 2.40. The lowest BCUT2D eigenvalue weighted by atomic mass is 9.81. The number of rotatable bonds is 1. The molecule has 2 N–H and O–H groups in total. The Morgan fingerprint density at radius 1 is 1.64 bits per heavy atom. The Balaban J connectivity index is 2.35. The van der Waals surface area contributed by atoms with Crippen molar-refractivity contribution < 1.29 is 4.39 Å². The van der Waals surface area contributed by atoms with Crippen molar-refractivity contribution in [2.75, 3.05) is 0 Å². The van der Waals surface area contributed by atoms with Gasteiger partial charge >= 0.3 is 0 Å². The smallest absolute Gasteiger partial charge is 0.145 e. The van der Waals surface area contributed by atoms with Gasteiger partial charge in [-0.25, -0.2) is 4.39 Å². The topological polar surface area (TPSA) is 38.9 Å². The maximum Gasteiger partial charge on any atom is 0.145 e. The summed E-state index contributed by atoms with van der Waals surface area (Å²) in [6, 6.07) is 1.99. The lowest BCUT2D eigenvalue weighted by molar-refractivity contribution is 0.449. The van der Waals surface area contributed by atoms with Gasteiger partial charge in [0.15, 0.2) is 0 Å². The van der Waals surface area contributed by atoms with E-state index in [1.165, 1.54) is 6.20 Å². The van der Waals surface area contributed by atoms with Gasteiger partial charge in [0.05, 0.1) is 6.20 Å². The van der Waals surface area contributed by atoms with Crippen molar-refractivity contribution in [1.82, 2.24) is 4.98 Å². The second-order valence-corrected chi connectivity index (χ2v) is 4.42. The average Bonchev–Trinajstić information content (AvgIpc) is 2.48.